The molecule has 0 aromatic heterocycles. The quantitative estimate of drug-likeness (QED) is 0.600. The lowest BCUT2D eigenvalue weighted by Gasteiger charge is -2.06. The van der Waals surface area contributed by atoms with Crippen molar-refractivity contribution in [1.82, 2.24) is 0 Å². The monoisotopic (exact) mass is 255 g/mol. The van der Waals surface area contributed by atoms with Gasteiger partial charge in [-0.1, -0.05) is 48.7 Å². The highest BCUT2D eigenvalue weighted by Crippen LogP contribution is 2.03. The molecule has 0 heterocycles. The highest BCUT2D eigenvalue weighted by atomic mass is 31.0. The molecule has 3 nitrogen and oxygen atoms in total. The van der Waals surface area contributed by atoms with Crippen LogP contribution in [0, 0.1) is 5.92 Å². The molecule has 1 aromatic carbocycles. The molecule has 1 rings (SSSR count). The lowest BCUT2D eigenvalue weighted by Crippen LogP contribution is -2.10. The van der Waals surface area contributed by atoms with Crippen molar-refractivity contribution in [3.05, 3.63) is 35.9 Å². The van der Waals surface area contributed by atoms with E-state index >= 15 is 0 Å². The second-order valence-electron chi connectivity index (χ2n) is 4.07. The van der Waals surface area contributed by atoms with E-state index in [2.05, 4.69) is 13.8 Å². The first-order valence-corrected chi connectivity index (χ1v) is 6.08. The molecule has 1 aromatic rings. The number of benzene rings is 1. The van der Waals surface area contributed by atoms with Gasteiger partial charge in [0.15, 0.2) is 0 Å². The van der Waals surface area contributed by atoms with Gasteiger partial charge in [-0.15, -0.1) is 0 Å². The van der Waals surface area contributed by atoms with Crippen LogP contribution in [0.25, 0.3) is 0 Å². The highest BCUT2D eigenvalue weighted by Gasteiger charge is 2.04. The lowest BCUT2D eigenvalue weighted by molar-refractivity contribution is -0.143. The zero-order valence-corrected chi connectivity index (χ0v) is 11.5. The fourth-order valence-corrected chi connectivity index (χ4v) is 1.22. The van der Waals surface area contributed by atoms with Crippen LogP contribution in [-0.2, 0) is 20.5 Å². The molecule has 0 aliphatic carbocycles. The summed E-state index contributed by atoms with van der Waals surface area (Å²) in [5.41, 5.74) is 1.01. The first kappa shape index (κ1) is 15.8. The minimum absolute atomic E-state index is 0.137. The second kappa shape index (κ2) is 9.98. The Morgan fingerprint density at radius 3 is 2.35 bits per heavy atom. The van der Waals surface area contributed by atoms with Gasteiger partial charge in [-0.25, -0.2) is 0 Å². The van der Waals surface area contributed by atoms with E-state index in [1.807, 2.05) is 30.3 Å². The molecule has 0 amide bonds. The van der Waals surface area contributed by atoms with E-state index in [0.717, 1.165) is 12.0 Å². The van der Waals surface area contributed by atoms with Crippen molar-refractivity contribution in [3.8, 4) is 0 Å². The predicted octanol–water partition coefficient (Wildman–Crippen LogP) is 3.03. The Bertz CT molecular complexity index is 312. The third-order valence-corrected chi connectivity index (χ3v) is 2.15. The number of hydrogen-bond acceptors (Lipinski definition) is 3. The van der Waals surface area contributed by atoms with Gasteiger partial charge in [-0.05, 0) is 17.9 Å². The van der Waals surface area contributed by atoms with Crippen molar-refractivity contribution in [2.75, 3.05) is 6.61 Å². The maximum atomic E-state index is 11.4. The van der Waals surface area contributed by atoms with Crippen molar-refractivity contribution < 1.29 is 14.1 Å². The van der Waals surface area contributed by atoms with Gasteiger partial charge in [0, 0.05) is 0 Å². The molecule has 0 aliphatic heterocycles. The Kier molecular flexibility index (Phi) is 9.27. The normalized spacial score (nSPS) is 9.35. The van der Waals surface area contributed by atoms with E-state index in [4.69, 9.17) is 9.30 Å². The number of carbonyl (C=O) groups excluding carboxylic acids is 1. The van der Waals surface area contributed by atoms with Crippen molar-refractivity contribution in [2.45, 2.75) is 26.7 Å². The average Bonchev–Trinajstić information content (AvgIpc) is 2.32. The standard InChI is InChI=1S/C13H18O2.H2OP/c1-11(2)8-9-15-13(14)10-12-6-4-3-5-7-12;1-2/h3-7,11H,8-10H2,1-2H3;2H2/q;+1. The Balaban J connectivity index is 0.00000121. The first-order chi connectivity index (χ1) is 8.18. The van der Waals surface area contributed by atoms with Gasteiger partial charge in [0.2, 0.25) is 0 Å². The largest absolute Gasteiger partial charge is 0.465 e. The Morgan fingerprint density at radius 1 is 1.24 bits per heavy atom. The topological polar surface area (TPSA) is 43.4 Å². The molecule has 0 bridgehead atoms. The number of hydrogen-bond donors (Lipinski definition) is 0. The van der Waals surface area contributed by atoms with Crippen molar-refractivity contribution >= 4 is 15.1 Å². The van der Waals surface area contributed by atoms with E-state index in [1.165, 1.54) is 9.12 Å². The van der Waals surface area contributed by atoms with Crippen LogP contribution in [0.4, 0.5) is 0 Å². The molecule has 17 heavy (non-hydrogen) atoms. The number of rotatable bonds is 5. The Labute approximate surface area is 105 Å². The summed E-state index contributed by atoms with van der Waals surface area (Å²) >= 11 is 0. The maximum absolute atomic E-state index is 11.4. The second-order valence-corrected chi connectivity index (χ2v) is 4.07. The SMILES string of the molecule is CC(C)CCOC(=O)Cc1ccccc1.O=[PH2+]. The minimum Gasteiger partial charge on any atom is -0.465 e. The average molecular weight is 255 g/mol. The van der Waals surface area contributed by atoms with Gasteiger partial charge in [0.25, 0.3) is 0 Å². The smallest absolute Gasteiger partial charge is 0.310 e. The Hall–Kier alpha value is -1.21. The third-order valence-electron chi connectivity index (χ3n) is 2.15. The van der Waals surface area contributed by atoms with E-state index in [1.54, 1.807) is 0 Å². The van der Waals surface area contributed by atoms with E-state index in [0.29, 0.717) is 18.9 Å². The van der Waals surface area contributed by atoms with Crippen LogP contribution in [0.2, 0.25) is 0 Å². The van der Waals surface area contributed by atoms with Crippen molar-refractivity contribution in [2.24, 2.45) is 5.92 Å². The van der Waals surface area contributed by atoms with Crippen LogP contribution in [0.1, 0.15) is 25.8 Å². The summed E-state index contributed by atoms with van der Waals surface area (Å²) in [6.45, 7) is 4.76. The zero-order valence-electron chi connectivity index (χ0n) is 10.4. The van der Waals surface area contributed by atoms with Crippen LogP contribution < -0.4 is 0 Å². The summed E-state index contributed by atoms with van der Waals surface area (Å²) < 4.78 is 13.3. The van der Waals surface area contributed by atoms with Gasteiger partial charge in [-0.2, -0.15) is 0 Å². The summed E-state index contributed by atoms with van der Waals surface area (Å²) in [6, 6.07) is 9.66. The molecule has 0 spiro atoms. The fraction of sp³-hybridized carbons (Fsp3) is 0.462. The molecule has 4 heteroatoms. The van der Waals surface area contributed by atoms with Crippen LogP contribution in [0.15, 0.2) is 30.3 Å². The number of carbonyl (C=O) groups is 1. The van der Waals surface area contributed by atoms with Crippen LogP contribution >= 0.6 is 9.12 Å². The van der Waals surface area contributed by atoms with Crippen molar-refractivity contribution in [3.63, 3.8) is 0 Å². The van der Waals surface area contributed by atoms with Crippen LogP contribution in [-0.4, -0.2) is 12.6 Å². The summed E-state index contributed by atoms with van der Waals surface area (Å²) in [7, 11) is 1.17. The van der Waals surface area contributed by atoms with E-state index < -0.39 is 0 Å². The van der Waals surface area contributed by atoms with Gasteiger partial charge in [0.1, 0.15) is 0 Å². The summed E-state index contributed by atoms with van der Waals surface area (Å²) in [6.07, 6.45) is 1.31. The molecular weight excluding hydrogens is 235 g/mol. The first-order valence-electron chi connectivity index (χ1n) is 5.61. The summed E-state index contributed by atoms with van der Waals surface area (Å²) in [4.78, 5) is 11.4. The Morgan fingerprint density at radius 2 is 1.82 bits per heavy atom. The lowest BCUT2D eigenvalue weighted by atomic mass is 10.1. The van der Waals surface area contributed by atoms with Gasteiger partial charge >= 0.3 is 15.1 Å². The van der Waals surface area contributed by atoms with E-state index in [-0.39, 0.29) is 5.97 Å². The summed E-state index contributed by atoms with van der Waals surface area (Å²) in [5.74, 6) is 0.441. The van der Waals surface area contributed by atoms with Crippen LogP contribution in [0.5, 0.6) is 0 Å². The van der Waals surface area contributed by atoms with Crippen molar-refractivity contribution in [1.29, 1.82) is 0 Å². The third kappa shape index (κ3) is 8.58. The zero-order chi connectivity index (χ0) is 13.1. The fourth-order valence-electron chi connectivity index (χ4n) is 1.22. The van der Waals surface area contributed by atoms with Gasteiger partial charge in [0.05, 0.1) is 13.0 Å². The maximum Gasteiger partial charge on any atom is 0.310 e. The molecule has 0 fully saturated rings. The molecular formula is C13H20O3P+. The molecule has 0 radical (unpaired) electrons. The van der Waals surface area contributed by atoms with Gasteiger partial charge in [-0.3, -0.25) is 4.79 Å². The van der Waals surface area contributed by atoms with Gasteiger partial charge < -0.3 is 4.74 Å². The summed E-state index contributed by atoms with van der Waals surface area (Å²) in [5, 5.41) is 0. The molecule has 0 aliphatic rings. The number of esters is 1. The number of ether oxygens (including phenoxy) is 1. The molecule has 0 N–H and O–H groups in total. The predicted molar refractivity (Wildman–Crippen MR) is 71.0 cm³/mol. The molecule has 1 atom stereocenters. The molecule has 0 saturated heterocycles. The van der Waals surface area contributed by atoms with E-state index in [9.17, 15) is 4.79 Å². The molecule has 1 unspecified atom stereocenters. The minimum atomic E-state index is -0.137. The molecule has 94 valence electrons. The molecule has 0 saturated carbocycles. The van der Waals surface area contributed by atoms with Crippen LogP contribution in [0.3, 0.4) is 0 Å². The highest BCUT2D eigenvalue weighted by molar-refractivity contribution is 7.00.